The number of unbranched alkanes of at least 4 members (excludes halogenated alkanes) is 1. The smallest absolute Gasteiger partial charge is 0.358 e. The lowest BCUT2D eigenvalue weighted by Gasteiger charge is -2.08. The van der Waals surface area contributed by atoms with Gasteiger partial charge in [-0.15, -0.1) is 5.10 Å². The van der Waals surface area contributed by atoms with Crippen molar-refractivity contribution in [2.45, 2.75) is 24.3 Å². The number of aryl methyl sites for hydroxylation is 1. The second kappa shape index (κ2) is 8.15. The van der Waals surface area contributed by atoms with Crippen molar-refractivity contribution in [1.82, 2.24) is 19.7 Å². The Morgan fingerprint density at radius 3 is 2.63 bits per heavy atom. The van der Waals surface area contributed by atoms with Crippen molar-refractivity contribution in [2.75, 3.05) is 6.54 Å². The van der Waals surface area contributed by atoms with Crippen LogP contribution in [0.2, 0.25) is 0 Å². The molecule has 2 aromatic carbocycles. The highest BCUT2D eigenvalue weighted by molar-refractivity contribution is 9.10. The highest BCUT2D eigenvalue weighted by Gasteiger charge is 2.14. The predicted octanol–water partition coefficient (Wildman–Crippen LogP) is 2.65. The van der Waals surface area contributed by atoms with E-state index in [4.69, 9.17) is 5.11 Å². The Hall–Kier alpha value is -2.30. The van der Waals surface area contributed by atoms with E-state index in [-0.39, 0.29) is 17.1 Å². The molecule has 8 nitrogen and oxygen atoms in total. The van der Waals surface area contributed by atoms with Crippen LogP contribution in [0.25, 0.3) is 10.8 Å². The van der Waals surface area contributed by atoms with E-state index in [0.717, 1.165) is 15.2 Å². The maximum Gasteiger partial charge on any atom is 0.358 e. The average Bonchev–Trinajstić information content (AvgIpc) is 3.10. The molecule has 3 aromatic rings. The number of aromatic nitrogens is 3. The van der Waals surface area contributed by atoms with Gasteiger partial charge in [-0.3, -0.25) is 4.68 Å². The van der Waals surface area contributed by atoms with Gasteiger partial charge in [0, 0.05) is 17.6 Å². The first-order valence-electron chi connectivity index (χ1n) is 8.17. The van der Waals surface area contributed by atoms with Crippen LogP contribution in [-0.4, -0.2) is 41.0 Å². The summed E-state index contributed by atoms with van der Waals surface area (Å²) in [7, 11) is -3.59. The van der Waals surface area contributed by atoms with E-state index in [1.54, 1.807) is 18.2 Å². The van der Waals surface area contributed by atoms with Crippen LogP contribution < -0.4 is 4.72 Å². The molecule has 1 aromatic heterocycles. The minimum Gasteiger partial charge on any atom is -0.476 e. The van der Waals surface area contributed by atoms with E-state index in [1.165, 1.54) is 10.9 Å². The third kappa shape index (κ3) is 4.90. The van der Waals surface area contributed by atoms with Crippen molar-refractivity contribution in [3.8, 4) is 0 Å². The van der Waals surface area contributed by atoms with Gasteiger partial charge >= 0.3 is 5.97 Å². The largest absolute Gasteiger partial charge is 0.476 e. The number of benzene rings is 2. The number of carboxylic acids is 1. The lowest BCUT2D eigenvalue weighted by molar-refractivity contribution is 0.0690. The maximum absolute atomic E-state index is 12.4. The van der Waals surface area contributed by atoms with Gasteiger partial charge < -0.3 is 5.11 Å². The molecule has 0 aliphatic heterocycles. The monoisotopic (exact) mass is 452 g/mol. The summed E-state index contributed by atoms with van der Waals surface area (Å²) in [6, 6.07) is 10.7. The Kier molecular flexibility index (Phi) is 5.88. The molecule has 0 unspecified atom stereocenters. The van der Waals surface area contributed by atoms with Crippen molar-refractivity contribution in [3.05, 3.63) is 52.8 Å². The highest BCUT2D eigenvalue weighted by atomic mass is 79.9. The number of carboxylic acid groups (broad SMARTS) is 1. The van der Waals surface area contributed by atoms with Crippen LogP contribution in [0.15, 0.2) is 52.0 Å². The maximum atomic E-state index is 12.4. The number of halogens is 1. The van der Waals surface area contributed by atoms with Crippen LogP contribution in [0.1, 0.15) is 23.3 Å². The molecule has 0 fully saturated rings. The molecular formula is C17H17BrN4O4S. The Bertz CT molecular complexity index is 1080. The summed E-state index contributed by atoms with van der Waals surface area (Å²) in [4.78, 5) is 11.0. The molecule has 1 heterocycles. The van der Waals surface area contributed by atoms with Crippen molar-refractivity contribution in [2.24, 2.45) is 0 Å². The van der Waals surface area contributed by atoms with Crippen molar-refractivity contribution < 1.29 is 18.3 Å². The molecule has 0 radical (unpaired) electrons. The van der Waals surface area contributed by atoms with Crippen LogP contribution >= 0.6 is 15.9 Å². The van der Waals surface area contributed by atoms with E-state index in [9.17, 15) is 13.2 Å². The molecule has 3 rings (SSSR count). The number of aromatic carboxylic acids is 1. The molecule has 0 amide bonds. The molecule has 2 N–H and O–H groups in total. The summed E-state index contributed by atoms with van der Waals surface area (Å²) in [5.74, 6) is -1.13. The van der Waals surface area contributed by atoms with Gasteiger partial charge in [-0.05, 0) is 47.9 Å². The van der Waals surface area contributed by atoms with Gasteiger partial charge in [0.15, 0.2) is 5.69 Å². The third-order valence-corrected chi connectivity index (χ3v) is 5.90. The molecule has 142 valence electrons. The first-order valence-corrected chi connectivity index (χ1v) is 10.5. The molecule has 0 saturated carbocycles. The molecule has 0 saturated heterocycles. The minimum atomic E-state index is -3.59. The lowest BCUT2D eigenvalue weighted by atomic mass is 10.1. The predicted molar refractivity (Wildman–Crippen MR) is 103 cm³/mol. The van der Waals surface area contributed by atoms with E-state index in [0.29, 0.717) is 19.4 Å². The minimum absolute atomic E-state index is 0.112. The standard InChI is InChI=1S/C17H17BrN4O4S/c18-14-5-3-13-10-15(6-4-12(13)9-14)27(25,26)19-7-1-2-8-22-11-16(17(23)24)20-21-22/h3-6,9-11,19H,1-2,7-8H2,(H,23,24). The Balaban J connectivity index is 1.53. The van der Waals surface area contributed by atoms with Crippen molar-refractivity contribution in [1.29, 1.82) is 0 Å². The fourth-order valence-electron chi connectivity index (χ4n) is 2.56. The zero-order chi connectivity index (χ0) is 19.4. The summed E-state index contributed by atoms with van der Waals surface area (Å²) >= 11 is 3.39. The van der Waals surface area contributed by atoms with E-state index < -0.39 is 16.0 Å². The van der Waals surface area contributed by atoms with Crippen LogP contribution in [0, 0.1) is 0 Å². The lowest BCUT2D eigenvalue weighted by Crippen LogP contribution is -2.25. The summed E-state index contributed by atoms with van der Waals surface area (Å²) in [6.45, 7) is 0.744. The van der Waals surface area contributed by atoms with Gasteiger partial charge in [-0.1, -0.05) is 33.3 Å². The number of fused-ring (bicyclic) bond motifs is 1. The van der Waals surface area contributed by atoms with Gasteiger partial charge in [-0.2, -0.15) is 0 Å². The molecule has 0 aliphatic rings. The molecule has 10 heteroatoms. The molecule has 0 spiro atoms. The first-order chi connectivity index (χ1) is 12.8. The number of hydrogen-bond acceptors (Lipinski definition) is 5. The molecule has 27 heavy (non-hydrogen) atoms. The molecule has 0 bridgehead atoms. The van der Waals surface area contributed by atoms with Crippen molar-refractivity contribution >= 4 is 42.7 Å². The number of sulfonamides is 1. The highest BCUT2D eigenvalue weighted by Crippen LogP contribution is 2.22. The fraction of sp³-hybridized carbons (Fsp3) is 0.235. The topological polar surface area (TPSA) is 114 Å². The van der Waals surface area contributed by atoms with Gasteiger partial charge in [0.1, 0.15) is 0 Å². The van der Waals surface area contributed by atoms with Crippen LogP contribution in [0.3, 0.4) is 0 Å². The van der Waals surface area contributed by atoms with E-state index in [1.807, 2.05) is 18.2 Å². The van der Waals surface area contributed by atoms with E-state index in [2.05, 4.69) is 31.0 Å². The summed E-state index contributed by atoms with van der Waals surface area (Å²) < 4.78 is 29.8. The zero-order valence-electron chi connectivity index (χ0n) is 14.2. The van der Waals surface area contributed by atoms with Gasteiger partial charge in [-0.25, -0.2) is 17.9 Å². The van der Waals surface area contributed by atoms with Crippen LogP contribution in [0.4, 0.5) is 0 Å². The number of nitrogens with zero attached hydrogens (tertiary/aromatic N) is 3. The Morgan fingerprint density at radius 2 is 1.89 bits per heavy atom. The quantitative estimate of drug-likeness (QED) is 0.507. The molecule has 0 atom stereocenters. The fourth-order valence-corrected chi connectivity index (χ4v) is 4.04. The SMILES string of the molecule is O=C(O)c1cn(CCCCNS(=O)(=O)c2ccc3cc(Br)ccc3c2)nn1. The second-order valence-electron chi connectivity index (χ2n) is 5.93. The number of nitrogens with one attached hydrogen (secondary N) is 1. The zero-order valence-corrected chi connectivity index (χ0v) is 16.6. The normalized spacial score (nSPS) is 11.7. The number of carbonyl (C=O) groups is 1. The summed E-state index contributed by atoms with van der Waals surface area (Å²) in [6.07, 6.45) is 2.57. The first kappa shape index (κ1) is 19.5. The van der Waals surface area contributed by atoms with Gasteiger partial charge in [0.25, 0.3) is 0 Å². The van der Waals surface area contributed by atoms with Crippen LogP contribution in [-0.2, 0) is 16.6 Å². The number of rotatable bonds is 8. The van der Waals surface area contributed by atoms with Gasteiger partial charge in [0.2, 0.25) is 10.0 Å². The second-order valence-corrected chi connectivity index (χ2v) is 8.61. The molecule has 0 aliphatic carbocycles. The number of hydrogen-bond donors (Lipinski definition) is 2. The van der Waals surface area contributed by atoms with E-state index >= 15 is 0 Å². The summed E-state index contributed by atoms with van der Waals surface area (Å²) in [5.41, 5.74) is -0.112. The third-order valence-electron chi connectivity index (χ3n) is 3.95. The average molecular weight is 453 g/mol. The molecular weight excluding hydrogens is 436 g/mol. The summed E-state index contributed by atoms with van der Waals surface area (Å²) in [5, 5.41) is 17.8. The Morgan fingerprint density at radius 1 is 1.15 bits per heavy atom. The van der Waals surface area contributed by atoms with Gasteiger partial charge in [0.05, 0.1) is 11.1 Å². The van der Waals surface area contributed by atoms with Crippen molar-refractivity contribution in [3.63, 3.8) is 0 Å². The Labute approximate surface area is 164 Å². The van der Waals surface area contributed by atoms with Crippen LogP contribution in [0.5, 0.6) is 0 Å².